The number of hydrogen-bond acceptors (Lipinski definition) is 6. The van der Waals surface area contributed by atoms with E-state index in [0.717, 1.165) is 14.0 Å². The molecule has 1 unspecified atom stereocenters. The number of carboxylic acid groups (broad SMARTS) is 1. The number of sulfonamides is 1. The summed E-state index contributed by atoms with van der Waals surface area (Å²) in [5.74, 6) is -3.49. The molecule has 0 fully saturated rings. The normalized spacial score (nSPS) is 15.2. The van der Waals surface area contributed by atoms with Crippen LogP contribution in [0.15, 0.2) is 0 Å². The highest BCUT2D eigenvalue weighted by Crippen LogP contribution is 2.02. The van der Waals surface area contributed by atoms with E-state index in [2.05, 4.69) is 4.74 Å². The Morgan fingerprint density at radius 2 is 1.94 bits per heavy atom. The first-order chi connectivity index (χ1) is 7.10. The third-order valence-corrected chi connectivity index (χ3v) is 2.83. The molecular formula is C7H13NO7S. The molecule has 3 N–H and O–H groups in total. The number of carbonyl (C=O) groups excluding carboxylic acids is 1. The number of hydrogen-bond donors (Lipinski definition) is 3. The molecule has 0 saturated heterocycles. The zero-order chi connectivity index (χ0) is 13.0. The molecule has 0 aliphatic heterocycles. The fraction of sp³-hybridized carbons (Fsp3) is 0.714. The van der Waals surface area contributed by atoms with Crippen LogP contribution in [0.5, 0.6) is 0 Å². The zero-order valence-corrected chi connectivity index (χ0v) is 9.57. The number of carboxylic acids is 1. The summed E-state index contributed by atoms with van der Waals surface area (Å²) >= 11 is 0. The van der Waals surface area contributed by atoms with Crippen molar-refractivity contribution in [2.75, 3.05) is 19.4 Å². The van der Waals surface area contributed by atoms with Crippen molar-refractivity contribution in [3.8, 4) is 0 Å². The molecule has 9 heteroatoms. The molecule has 94 valence electrons. The summed E-state index contributed by atoms with van der Waals surface area (Å²) in [6.45, 7) is 0.192. The minimum atomic E-state index is -4.01. The molecule has 0 bridgehead atoms. The second kappa shape index (κ2) is 5.23. The molecule has 0 spiro atoms. The number of aliphatic carboxylic acids is 1. The van der Waals surface area contributed by atoms with Crippen molar-refractivity contribution in [3.63, 3.8) is 0 Å². The zero-order valence-electron chi connectivity index (χ0n) is 8.76. The van der Waals surface area contributed by atoms with Gasteiger partial charge in [0.05, 0.1) is 7.11 Å². The van der Waals surface area contributed by atoms with Crippen molar-refractivity contribution < 1.29 is 33.0 Å². The Balaban J connectivity index is 4.41. The SMILES string of the molecule is COC(=O)CS(=O)(=O)NCC(C)(O)C(=O)O. The Kier molecular flexibility index (Phi) is 4.84. The van der Waals surface area contributed by atoms with E-state index in [0.29, 0.717) is 0 Å². The van der Waals surface area contributed by atoms with E-state index in [1.54, 1.807) is 4.72 Å². The highest BCUT2D eigenvalue weighted by Gasteiger charge is 2.31. The summed E-state index contributed by atoms with van der Waals surface area (Å²) in [5.41, 5.74) is -2.23. The number of rotatable bonds is 6. The largest absolute Gasteiger partial charge is 0.479 e. The molecule has 0 heterocycles. The highest BCUT2D eigenvalue weighted by molar-refractivity contribution is 7.90. The van der Waals surface area contributed by atoms with Gasteiger partial charge in [0.25, 0.3) is 0 Å². The monoisotopic (exact) mass is 255 g/mol. The summed E-state index contributed by atoms with van der Waals surface area (Å²) in [4.78, 5) is 21.1. The molecule has 0 rings (SSSR count). The van der Waals surface area contributed by atoms with Gasteiger partial charge >= 0.3 is 11.9 Å². The van der Waals surface area contributed by atoms with Crippen LogP contribution in [-0.4, -0.2) is 55.6 Å². The quantitative estimate of drug-likeness (QED) is 0.464. The Bertz CT molecular complexity index is 372. The predicted octanol–water partition coefficient (Wildman–Crippen LogP) is -2.09. The molecule has 8 nitrogen and oxygen atoms in total. The second-order valence-corrected chi connectivity index (χ2v) is 5.04. The standard InChI is InChI=1S/C7H13NO7S/c1-7(12,6(10)11)4-8-16(13,14)3-5(9)15-2/h8,12H,3-4H2,1-2H3,(H,10,11). The average molecular weight is 255 g/mol. The number of nitrogens with one attached hydrogen (secondary N) is 1. The van der Waals surface area contributed by atoms with Gasteiger partial charge < -0.3 is 14.9 Å². The molecule has 0 radical (unpaired) electrons. The van der Waals surface area contributed by atoms with Crippen LogP contribution >= 0.6 is 0 Å². The molecule has 0 aliphatic rings. The summed E-state index contributed by atoms with van der Waals surface area (Å²) in [5, 5.41) is 17.7. The molecule has 0 saturated carbocycles. The van der Waals surface area contributed by atoms with Crippen molar-refractivity contribution in [1.29, 1.82) is 0 Å². The van der Waals surface area contributed by atoms with Gasteiger partial charge in [-0.1, -0.05) is 0 Å². The van der Waals surface area contributed by atoms with E-state index in [4.69, 9.17) is 5.11 Å². The third-order valence-electron chi connectivity index (χ3n) is 1.63. The summed E-state index contributed by atoms with van der Waals surface area (Å²) < 4.78 is 28.2. The average Bonchev–Trinajstić information content (AvgIpc) is 2.14. The number of esters is 1. The molecule has 0 aromatic carbocycles. The van der Waals surface area contributed by atoms with Gasteiger partial charge in [-0.2, -0.15) is 0 Å². The molecule has 16 heavy (non-hydrogen) atoms. The predicted molar refractivity (Wildman–Crippen MR) is 52.1 cm³/mol. The van der Waals surface area contributed by atoms with Crippen molar-refractivity contribution in [3.05, 3.63) is 0 Å². The third kappa shape index (κ3) is 5.05. The number of aliphatic hydroxyl groups is 1. The van der Waals surface area contributed by atoms with Crippen LogP contribution < -0.4 is 4.72 Å². The van der Waals surface area contributed by atoms with E-state index in [9.17, 15) is 23.1 Å². The lowest BCUT2D eigenvalue weighted by Gasteiger charge is -2.17. The van der Waals surface area contributed by atoms with E-state index >= 15 is 0 Å². The van der Waals surface area contributed by atoms with Gasteiger partial charge in [0.15, 0.2) is 11.4 Å². The molecule has 0 aromatic rings. The van der Waals surface area contributed by atoms with Crippen LogP contribution in [0.1, 0.15) is 6.92 Å². The summed E-state index contributed by atoms with van der Waals surface area (Å²) in [6.07, 6.45) is 0. The maximum Gasteiger partial charge on any atom is 0.336 e. The number of ether oxygens (including phenoxy) is 1. The lowest BCUT2D eigenvalue weighted by atomic mass is 10.1. The first-order valence-corrected chi connectivity index (χ1v) is 5.76. The van der Waals surface area contributed by atoms with Gasteiger partial charge in [0.1, 0.15) is 0 Å². The fourth-order valence-electron chi connectivity index (χ4n) is 0.591. The van der Waals surface area contributed by atoms with Crippen LogP contribution in [-0.2, 0) is 24.3 Å². The highest BCUT2D eigenvalue weighted by atomic mass is 32.2. The minimum Gasteiger partial charge on any atom is -0.479 e. The van der Waals surface area contributed by atoms with E-state index in [1.807, 2.05) is 0 Å². The molecule has 0 aliphatic carbocycles. The maximum atomic E-state index is 11.2. The van der Waals surface area contributed by atoms with Gasteiger partial charge in [-0.3, -0.25) is 4.79 Å². The number of methoxy groups -OCH3 is 1. The van der Waals surface area contributed by atoms with Gasteiger partial charge in [-0.25, -0.2) is 17.9 Å². The second-order valence-electron chi connectivity index (χ2n) is 3.24. The lowest BCUT2D eigenvalue weighted by Crippen LogP contribution is -2.47. The van der Waals surface area contributed by atoms with Crippen molar-refractivity contribution in [1.82, 2.24) is 4.72 Å². The van der Waals surface area contributed by atoms with E-state index in [-0.39, 0.29) is 0 Å². The van der Waals surface area contributed by atoms with E-state index < -0.39 is 39.9 Å². The van der Waals surface area contributed by atoms with Gasteiger partial charge in [0.2, 0.25) is 10.0 Å². The van der Waals surface area contributed by atoms with Gasteiger partial charge in [-0.15, -0.1) is 0 Å². The van der Waals surface area contributed by atoms with E-state index in [1.165, 1.54) is 0 Å². The van der Waals surface area contributed by atoms with Crippen molar-refractivity contribution >= 4 is 22.0 Å². The lowest BCUT2D eigenvalue weighted by molar-refractivity contribution is -0.155. The first-order valence-electron chi connectivity index (χ1n) is 4.10. The van der Waals surface area contributed by atoms with Crippen LogP contribution in [0.25, 0.3) is 0 Å². The molecule has 0 amide bonds. The first kappa shape index (κ1) is 14.8. The molecule has 0 aromatic heterocycles. The molecular weight excluding hydrogens is 242 g/mol. The Hall–Kier alpha value is -1.19. The van der Waals surface area contributed by atoms with Crippen molar-refractivity contribution in [2.24, 2.45) is 0 Å². The fourth-order valence-corrected chi connectivity index (χ4v) is 1.62. The van der Waals surface area contributed by atoms with Gasteiger partial charge in [-0.05, 0) is 6.92 Å². The van der Waals surface area contributed by atoms with Crippen LogP contribution in [0.3, 0.4) is 0 Å². The number of carbonyl (C=O) groups is 2. The minimum absolute atomic E-state index is 0.734. The maximum absolute atomic E-state index is 11.2. The van der Waals surface area contributed by atoms with Gasteiger partial charge in [0, 0.05) is 6.54 Å². The van der Waals surface area contributed by atoms with Crippen LogP contribution in [0.4, 0.5) is 0 Å². The van der Waals surface area contributed by atoms with Crippen LogP contribution in [0.2, 0.25) is 0 Å². The topological polar surface area (TPSA) is 130 Å². The summed E-state index contributed by atoms with van der Waals surface area (Å²) in [7, 11) is -2.99. The smallest absolute Gasteiger partial charge is 0.336 e. The van der Waals surface area contributed by atoms with Crippen molar-refractivity contribution in [2.45, 2.75) is 12.5 Å². The Morgan fingerprint density at radius 1 is 1.44 bits per heavy atom. The summed E-state index contributed by atoms with van der Waals surface area (Å²) in [6, 6.07) is 0. The molecule has 1 atom stereocenters. The van der Waals surface area contributed by atoms with Crippen LogP contribution in [0, 0.1) is 0 Å². The Morgan fingerprint density at radius 3 is 2.31 bits per heavy atom. The Labute approximate surface area is 92.3 Å².